The second kappa shape index (κ2) is 9.79. The van der Waals surface area contributed by atoms with Gasteiger partial charge in [-0.25, -0.2) is 0 Å². The summed E-state index contributed by atoms with van der Waals surface area (Å²) in [5, 5.41) is 5.91. The monoisotopic (exact) mass is 394 g/mol. The molecule has 26 heavy (non-hydrogen) atoms. The third-order valence-corrected chi connectivity index (χ3v) is 3.75. The summed E-state index contributed by atoms with van der Waals surface area (Å²) >= 11 is 11.8. The van der Waals surface area contributed by atoms with E-state index in [1.165, 1.54) is 6.07 Å². The van der Waals surface area contributed by atoms with Crippen LogP contribution in [0.25, 0.3) is 0 Å². The molecule has 0 aromatic heterocycles. The molecule has 0 atom stereocenters. The predicted molar refractivity (Wildman–Crippen MR) is 100 cm³/mol. The summed E-state index contributed by atoms with van der Waals surface area (Å²) in [5.41, 5.74) is 0.964. The van der Waals surface area contributed by atoms with E-state index in [0.29, 0.717) is 21.4 Å². The van der Waals surface area contributed by atoms with Crippen molar-refractivity contribution < 1.29 is 19.1 Å². The van der Waals surface area contributed by atoms with E-state index in [2.05, 4.69) is 10.6 Å². The zero-order valence-electron chi connectivity index (χ0n) is 13.6. The van der Waals surface area contributed by atoms with E-state index in [0.717, 1.165) is 0 Å². The maximum atomic E-state index is 11.9. The average molecular weight is 395 g/mol. The van der Waals surface area contributed by atoms with Crippen LogP contribution in [0.5, 0.6) is 0 Å². The highest BCUT2D eigenvalue weighted by Gasteiger charge is 2.12. The van der Waals surface area contributed by atoms with Gasteiger partial charge in [0.05, 0.1) is 17.1 Å². The van der Waals surface area contributed by atoms with E-state index in [1.54, 1.807) is 36.4 Å². The number of benzene rings is 2. The summed E-state index contributed by atoms with van der Waals surface area (Å²) in [6.45, 7) is -0.421. The number of rotatable bonds is 7. The van der Waals surface area contributed by atoms with E-state index in [1.807, 2.05) is 6.07 Å². The number of nitrogens with one attached hydrogen (secondary N) is 2. The van der Waals surface area contributed by atoms with Crippen LogP contribution < -0.4 is 10.6 Å². The molecule has 2 amide bonds. The van der Waals surface area contributed by atoms with Crippen LogP contribution in [0.4, 0.5) is 11.4 Å². The molecule has 0 aliphatic carbocycles. The molecule has 0 saturated heterocycles. The molecule has 0 saturated carbocycles. The van der Waals surface area contributed by atoms with Crippen molar-refractivity contribution in [2.24, 2.45) is 0 Å². The Morgan fingerprint density at radius 2 is 1.62 bits per heavy atom. The topological polar surface area (TPSA) is 84.5 Å². The van der Waals surface area contributed by atoms with Crippen molar-refractivity contribution in [3.63, 3.8) is 0 Å². The fourth-order valence-electron chi connectivity index (χ4n) is 1.96. The van der Waals surface area contributed by atoms with Crippen LogP contribution in [0.1, 0.15) is 12.8 Å². The van der Waals surface area contributed by atoms with Gasteiger partial charge in [0.15, 0.2) is 6.61 Å². The highest BCUT2D eigenvalue weighted by molar-refractivity contribution is 6.35. The number of para-hydroxylation sites is 1. The second-order valence-electron chi connectivity index (χ2n) is 5.25. The van der Waals surface area contributed by atoms with Gasteiger partial charge in [0.25, 0.3) is 5.91 Å². The van der Waals surface area contributed by atoms with Gasteiger partial charge in [-0.2, -0.15) is 0 Å². The van der Waals surface area contributed by atoms with E-state index >= 15 is 0 Å². The molecule has 2 rings (SSSR count). The van der Waals surface area contributed by atoms with Crippen LogP contribution in [-0.2, 0) is 19.1 Å². The number of carbonyl (C=O) groups excluding carboxylic acids is 3. The molecule has 0 heterocycles. The molecule has 2 aromatic carbocycles. The van der Waals surface area contributed by atoms with Crippen LogP contribution in [0.2, 0.25) is 10.0 Å². The fourth-order valence-corrected chi connectivity index (χ4v) is 2.30. The van der Waals surface area contributed by atoms with Gasteiger partial charge in [-0.3, -0.25) is 14.4 Å². The van der Waals surface area contributed by atoms with Crippen LogP contribution >= 0.6 is 23.2 Å². The lowest BCUT2D eigenvalue weighted by Gasteiger charge is -2.08. The van der Waals surface area contributed by atoms with Crippen LogP contribution in [-0.4, -0.2) is 24.4 Å². The standard InChI is InChI=1S/C18H16Cl2N2O4/c19-12-6-7-14(20)15(10-12)22-16(23)8-9-18(25)26-11-17(24)21-13-4-2-1-3-5-13/h1-7,10H,8-9,11H2,(H,21,24)(H,22,23). The summed E-state index contributed by atoms with van der Waals surface area (Å²) < 4.78 is 4.84. The highest BCUT2D eigenvalue weighted by Crippen LogP contribution is 2.25. The molecule has 0 radical (unpaired) electrons. The Labute approximate surface area is 160 Å². The van der Waals surface area contributed by atoms with Crippen molar-refractivity contribution in [1.29, 1.82) is 0 Å². The van der Waals surface area contributed by atoms with Gasteiger partial charge in [-0.15, -0.1) is 0 Å². The summed E-state index contributed by atoms with van der Waals surface area (Å²) in [4.78, 5) is 35.2. The summed E-state index contributed by atoms with van der Waals surface area (Å²) in [6.07, 6.45) is -0.273. The zero-order valence-corrected chi connectivity index (χ0v) is 15.1. The molecule has 0 aliphatic heterocycles. The Bertz CT molecular complexity index is 797. The molecular formula is C18H16Cl2N2O4. The number of carbonyl (C=O) groups is 3. The molecule has 0 fully saturated rings. The largest absolute Gasteiger partial charge is 0.456 e. The third kappa shape index (κ3) is 6.74. The minimum atomic E-state index is -0.652. The molecule has 0 unspecified atom stereocenters. The van der Waals surface area contributed by atoms with Crippen molar-refractivity contribution in [3.05, 3.63) is 58.6 Å². The summed E-state index contributed by atoms with van der Waals surface area (Å²) in [5.74, 6) is -1.53. The summed E-state index contributed by atoms with van der Waals surface area (Å²) in [6, 6.07) is 13.4. The van der Waals surface area contributed by atoms with Gasteiger partial charge in [-0.05, 0) is 30.3 Å². The Hall–Kier alpha value is -2.57. The SMILES string of the molecule is O=C(COC(=O)CCC(=O)Nc1cc(Cl)ccc1Cl)Nc1ccccc1. The van der Waals surface area contributed by atoms with Crippen molar-refractivity contribution in [2.45, 2.75) is 12.8 Å². The van der Waals surface area contributed by atoms with Crippen LogP contribution in [0.15, 0.2) is 48.5 Å². The second-order valence-corrected chi connectivity index (χ2v) is 6.09. The Morgan fingerprint density at radius 3 is 2.35 bits per heavy atom. The number of hydrogen-bond acceptors (Lipinski definition) is 4. The van der Waals surface area contributed by atoms with Gasteiger partial charge >= 0.3 is 5.97 Å². The zero-order chi connectivity index (χ0) is 18.9. The van der Waals surface area contributed by atoms with Gasteiger partial charge in [0.1, 0.15) is 0 Å². The number of hydrogen-bond donors (Lipinski definition) is 2. The first-order valence-electron chi connectivity index (χ1n) is 7.69. The molecule has 2 aromatic rings. The normalized spacial score (nSPS) is 10.1. The molecule has 136 valence electrons. The Balaban J connectivity index is 1.70. The van der Waals surface area contributed by atoms with Crippen molar-refractivity contribution >= 4 is 52.4 Å². The van der Waals surface area contributed by atoms with Crippen molar-refractivity contribution in [3.8, 4) is 0 Å². The van der Waals surface area contributed by atoms with Crippen molar-refractivity contribution in [1.82, 2.24) is 0 Å². The highest BCUT2D eigenvalue weighted by atomic mass is 35.5. The maximum Gasteiger partial charge on any atom is 0.306 e. The molecule has 0 aliphatic rings. The lowest BCUT2D eigenvalue weighted by Crippen LogP contribution is -2.21. The maximum absolute atomic E-state index is 11.9. The number of esters is 1. The molecule has 8 heteroatoms. The predicted octanol–water partition coefficient (Wildman–Crippen LogP) is 3.89. The van der Waals surface area contributed by atoms with Crippen molar-refractivity contribution in [2.75, 3.05) is 17.2 Å². The van der Waals surface area contributed by atoms with E-state index in [4.69, 9.17) is 27.9 Å². The van der Waals surface area contributed by atoms with Gasteiger partial charge < -0.3 is 15.4 Å². The lowest BCUT2D eigenvalue weighted by molar-refractivity contribution is -0.147. The van der Waals surface area contributed by atoms with E-state index < -0.39 is 24.4 Å². The molecular weight excluding hydrogens is 379 g/mol. The first kappa shape index (κ1) is 19.8. The minimum absolute atomic E-state index is 0.109. The number of halogens is 2. The number of anilines is 2. The molecule has 2 N–H and O–H groups in total. The third-order valence-electron chi connectivity index (χ3n) is 3.18. The minimum Gasteiger partial charge on any atom is -0.456 e. The average Bonchev–Trinajstić information content (AvgIpc) is 2.62. The van der Waals surface area contributed by atoms with Gasteiger partial charge in [-0.1, -0.05) is 41.4 Å². The Kier molecular flexibility index (Phi) is 7.44. The van der Waals surface area contributed by atoms with E-state index in [9.17, 15) is 14.4 Å². The first-order valence-corrected chi connectivity index (χ1v) is 8.45. The molecule has 0 spiro atoms. The molecule has 0 bridgehead atoms. The Morgan fingerprint density at radius 1 is 0.885 bits per heavy atom. The van der Waals surface area contributed by atoms with E-state index in [-0.39, 0.29) is 12.8 Å². The van der Waals surface area contributed by atoms with Crippen LogP contribution in [0, 0.1) is 0 Å². The first-order chi connectivity index (χ1) is 12.4. The smallest absolute Gasteiger partial charge is 0.306 e. The van der Waals surface area contributed by atoms with Gasteiger partial charge in [0, 0.05) is 17.1 Å². The van der Waals surface area contributed by atoms with Gasteiger partial charge in [0.2, 0.25) is 5.91 Å². The lowest BCUT2D eigenvalue weighted by atomic mass is 10.2. The fraction of sp³-hybridized carbons (Fsp3) is 0.167. The van der Waals surface area contributed by atoms with Crippen LogP contribution in [0.3, 0.4) is 0 Å². The quantitative estimate of drug-likeness (QED) is 0.697. The number of ether oxygens (including phenoxy) is 1. The number of amides is 2. The summed E-state index contributed by atoms with van der Waals surface area (Å²) in [7, 11) is 0. The molecule has 6 nitrogen and oxygen atoms in total.